The monoisotopic (exact) mass is 193 g/mol. The SMILES string of the molecule is CN(C)c1ccccc1.Cl.Cl. The maximum Gasteiger partial charge on any atom is 0.0360 e. The Morgan fingerprint density at radius 3 is 1.64 bits per heavy atom. The van der Waals surface area contributed by atoms with Gasteiger partial charge in [-0.3, -0.25) is 0 Å². The molecule has 0 atom stereocenters. The molecule has 0 saturated heterocycles. The molecule has 0 aliphatic rings. The first kappa shape index (κ1) is 13.2. The predicted molar refractivity (Wildman–Crippen MR) is 55.3 cm³/mol. The van der Waals surface area contributed by atoms with Crippen molar-refractivity contribution < 1.29 is 0 Å². The highest BCUT2D eigenvalue weighted by molar-refractivity contribution is 5.85. The first-order valence-electron chi connectivity index (χ1n) is 3.03. The van der Waals surface area contributed by atoms with E-state index in [0.717, 1.165) is 0 Å². The molecule has 0 fully saturated rings. The topological polar surface area (TPSA) is 3.24 Å². The Labute approximate surface area is 80.2 Å². The Hall–Kier alpha value is -0.400. The first-order chi connectivity index (χ1) is 4.30. The van der Waals surface area contributed by atoms with Crippen molar-refractivity contribution >= 4 is 30.5 Å². The van der Waals surface area contributed by atoms with E-state index in [9.17, 15) is 0 Å². The van der Waals surface area contributed by atoms with E-state index in [-0.39, 0.29) is 24.8 Å². The van der Waals surface area contributed by atoms with Gasteiger partial charge in [-0.1, -0.05) is 18.2 Å². The van der Waals surface area contributed by atoms with E-state index in [1.54, 1.807) is 0 Å². The van der Waals surface area contributed by atoms with Gasteiger partial charge in [-0.05, 0) is 12.1 Å². The van der Waals surface area contributed by atoms with Crippen LogP contribution in [0.2, 0.25) is 0 Å². The number of halogens is 2. The fourth-order valence-electron chi connectivity index (χ4n) is 0.726. The lowest BCUT2D eigenvalue weighted by Gasteiger charge is -2.10. The second kappa shape index (κ2) is 6.32. The summed E-state index contributed by atoms with van der Waals surface area (Å²) in [7, 11) is 4.07. The molecule has 1 nitrogen and oxygen atoms in total. The molecule has 11 heavy (non-hydrogen) atoms. The van der Waals surface area contributed by atoms with Gasteiger partial charge >= 0.3 is 0 Å². The van der Waals surface area contributed by atoms with Crippen LogP contribution in [0.1, 0.15) is 0 Å². The molecule has 0 aliphatic heterocycles. The van der Waals surface area contributed by atoms with Crippen LogP contribution in [0.15, 0.2) is 30.3 Å². The molecule has 0 heterocycles. The molecule has 0 saturated carbocycles. The van der Waals surface area contributed by atoms with Crippen LogP contribution in [0.25, 0.3) is 0 Å². The summed E-state index contributed by atoms with van der Waals surface area (Å²) in [5, 5.41) is 0. The van der Waals surface area contributed by atoms with Gasteiger partial charge in [-0.2, -0.15) is 0 Å². The highest BCUT2D eigenvalue weighted by Crippen LogP contribution is 2.07. The Kier molecular flexibility index (Phi) is 7.59. The number of hydrogen-bond acceptors (Lipinski definition) is 1. The number of nitrogens with zero attached hydrogens (tertiary/aromatic N) is 1. The zero-order chi connectivity index (χ0) is 6.69. The standard InChI is InChI=1S/C8H11N.2ClH/c1-9(2)8-6-4-3-5-7-8;;/h3-7H,1-2H3;2*1H. The largest absolute Gasteiger partial charge is 0.378 e. The van der Waals surface area contributed by atoms with Crippen molar-refractivity contribution in [2.24, 2.45) is 0 Å². The van der Waals surface area contributed by atoms with Crippen LogP contribution in [0.5, 0.6) is 0 Å². The van der Waals surface area contributed by atoms with Crippen LogP contribution in [-0.4, -0.2) is 14.1 Å². The molecular weight excluding hydrogens is 181 g/mol. The Balaban J connectivity index is 0. The van der Waals surface area contributed by atoms with E-state index in [1.807, 2.05) is 32.3 Å². The Bertz CT molecular complexity index is 175. The molecule has 0 unspecified atom stereocenters. The van der Waals surface area contributed by atoms with Crippen molar-refractivity contribution in [3.63, 3.8) is 0 Å². The average Bonchev–Trinajstić information content (AvgIpc) is 1.90. The maximum absolute atomic E-state index is 2.08. The van der Waals surface area contributed by atoms with Gasteiger partial charge in [0, 0.05) is 19.8 Å². The third kappa shape index (κ3) is 4.12. The molecule has 64 valence electrons. The van der Waals surface area contributed by atoms with Gasteiger partial charge < -0.3 is 4.90 Å². The average molecular weight is 194 g/mol. The summed E-state index contributed by atoms with van der Waals surface area (Å²) in [6, 6.07) is 10.3. The summed E-state index contributed by atoms with van der Waals surface area (Å²) in [6.07, 6.45) is 0. The number of benzene rings is 1. The third-order valence-electron chi connectivity index (χ3n) is 1.27. The van der Waals surface area contributed by atoms with Gasteiger partial charge in [0.15, 0.2) is 0 Å². The van der Waals surface area contributed by atoms with E-state index < -0.39 is 0 Å². The molecular formula is C8H13Cl2N. The van der Waals surface area contributed by atoms with Crippen molar-refractivity contribution in [3.8, 4) is 0 Å². The second-order valence-corrected chi connectivity index (χ2v) is 2.23. The van der Waals surface area contributed by atoms with Crippen LogP contribution in [0.3, 0.4) is 0 Å². The van der Waals surface area contributed by atoms with Gasteiger partial charge in [0.1, 0.15) is 0 Å². The summed E-state index contributed by atoms with van der Waals surface area (Å²) >= 11 is 0. The van der Waals surface area contributed by atoms with E-state index >= 15 is 0 Å². The predicted octanol–water partition coefficient (Wildman–Crippen LogP) is 2.60. The van der Waals surface area contributed by atoms with Crippen LogP contribution in [0, 0.1) is 0 Å². The van der Waals surface area contributed by atoms with Gasteiger partial charge in [-0.15, -0.1) is 24.8 Å². The summed E-state index contributed by atoms with van der Waals surface area (Å²) in [5.41, 5.74) is 1.25. The quantitative estimate of drug-likeness (QED) is 0.664. The summed E-state index contributed by atoms with van der Waals surface area (Å²) in [5.74, 6) is 0. The number of rotatable bonds is 1. The normalized spacial score (nSPS) is 7.45. The van der Waals surface area contributed by atoms with Crippen LogP contribution in [0.4, 0.5) is 5.69 Å². The first-order valence-corrected chi connectivity index (χ1v) is 3.03. The molecule has 0 radical (unpaired) electrons. The minimum Gasteiger partial charge on any atom is -0.378 e. The van der Waals surface area contributed by atoms with Gasteiger partial charge in [0.2, 0.25) is 0 Å². The van der Waals surface area contributed by atoms with E-state index in [0.29, 0.717) is 0 Å². The lowest BCUT2D eigenvalue weighted by molar-refractivity contribution is 1.13. The van der Waals surface area contributed by atoms with Crippen LogP contribution in [-0.2, 0) is 0 Å². The fraction of sp³-hybridized carbons (Fsp3) is 0.250. The molecule has 0 aromatic heterocycles. The maximum atomic E-state index is 2.08. The zero-order valence-electron chi connectivity index (χ0n) is 6.65. The minimum atomic E-state index is 0. The Morgan fingerprint density at radius 1 is 0.909 bits per heavy atom. The molecule has 3 heteroatoms. The second-order valence-electron chi connectivity index (χ2n) is 2.23. The van der Waals surface area contributed by atoms with Gasteiger partial charge in [0.05, 0.1) is 0 Å². The zero-order valence-corrected chi connectivity index (χ0v) is 8.28. The lowest BCUT2D eigenvalue weighted by Crippen LogP contribution is -2.07. The van der Waals surface area contributed by atoms with Crippen molar-refractivity contribution in [2.75, 3.05) is 19.0 Å². The molecule has 0 bridgehead atoms. The summed E-state index contributed by atoms with van der Waals surface area (Å²) in [6.45, 7) is 0. The molecule has 0 N–H and O–H groups in total. The van der Waals surface area contributed by atoms with Crippen molar-refractivity contribution in [1.82, 2.24) is 0 Å². The fourth-order valence-corrected chi connectivity index (χ4v) is 0.726. The molecule has 1 rings (SSSR count). The third-order valence-corrected chi connectivity index (χ3v) is 1.27. The Morgan fingerprint density at radius 2 is 1.36 bits per heavy atom. The van der Waals surface area contributed by atoms with Crippen LogP contribution >= 0.6 is 24.8 Å². The molecule has 1 aromatic rings. The van der Waals surface area contributed by atoms with Gasteiger partial charge in [-0.25, -0.2) is 0 Å². The molecule has 0 aliphatic carbocycles. The van der Waals surface area contributed by atoms with Crippen molar-refractivity contribution in [3.05, 3.63) is 30.3 Å². The van der Waals surface area contributed by atoms with Crippen molar-refractivity contribution in [2.45, 2.75) is 0 Å². The number of anilines is 1. The minimum absolute atomic E-state index is 0. The highest BCUT2D eigenvalue weighted by Gasteiger charge is 1.87. The van der Waals surface area contributed by atoms with Gasteiger partial charge in [0.25, 0.3) is 0 Å². The van der Waals surface area contributed by atoms with Crippen molar-refractivity contribution in [1.29, 1.82) is 0 Å². The summed E-state index contributed by atoms with van der Waals surface area (Å²) < 4.78 is 0. The highest BCUT2D eigenvalue weighted by atomic mass is 35.5. The molecule has 1 aromatic carbocycles. The summed E-state index contributed by atoms with van der Waals surface area (Å²) in [4.78, 5) is 2.08. The number of hydrogen-bond donors (Lipinski definition) is 0. The number of para-hydroxylation sites is 1. The smallest absolute Gasteiger partial charge is 0.0360 e. The molecule has 0 spiro atoms. The van der Waals surface area contributed by atoms with E-state index in [2.05, 4.69) is 17.0 Å². The van der Waals surface area contributed by atoms with E-state index in [4.69, 9.17) is 0 Å². The van der Waals surface area contributed by atoms with Crippen LogP contribution < -0.4 is 4.90 Å². The van der Waals surface area contributed by atoms with E-state index in [1.165, 1.54) is 5.69 Å². The molecule has 0 amide bonds. The lowest BCUT2D eigenvalue weighted by atomic mass is 10.3.